The van der Waals surface area contributed by atoms with E-state index >= 15 is 0 Å². The Morgan fingerprint density at radius 1 is 0.762 bits per heavy atom. The van der Waals surface area contributed by atoms with Crippen molar-refractivity contribution in [3.63, 3.8) is 0 Å². The van der Waals surface area contributed by atoms with Crippen LogP contribution in [0.25, 0.3) is 0 Å². The molecule has 2 aromatic carbocycles. The minimum atomic E-state index is 0.313. The van der Waals surface area contributed by atoms with E-state index in [1.165, 1.54) is 0 Å². The highest BCUT2D eigenvalue weighted by Gasteiger charge is 2.13. The van der Waals surface area contributed by atoms with Crippen molar-refractivity contribution in [2.45, 2.75) is 25.7 Å². The second-order valence-corrected chi connectivity index (χ2v) is 6.53. The van der Waals surface area contributed by atoms with Gasteiger partial charge in [-0.15, -0.1) is 0 Å². The van der Waals surface area contributed by atoms with Gasteiger partial charge in [0.1, 0.15) is 11.5 Å². The zero-order valence-corrected chi connectivity index (χ0v) is 13.3. The van der Waals surface area contributed by atoms with Gasteiger partial charge in [-0.05, 0) is 35.1 Å². The maximum atomic E-state index is 9.86. The molecule has 0 saturated heterocycles. The predicted molar refractivity (Wildman–Crippen MR) is 90.4 cm³/mol. The Morgan fingerprint density at radius 3 is 1.52 bits per heavy atom. The molecule has 0 aromatic heterocycles. The van der Waals surface area contributed by atoms with Crippen LogP contribution in [0, 0.1) is 0 Å². The topological polar surface area (TPSA) is 40.5 Å². The molecule has 0 radical (unpaired) electrons. The summed E-state index contributed by atoms with van der Waals surface area (Å²) in [5.74, 6) is 3.28. The summed E-state index contributed by atoms with van der Waals surface area (Å²) in [7, 11) is 0. The third-order valence-corrected chi connectivity index (χ3v) is 5.14. The quantitative estimate of drug-likeness (QED) is 0.810. The molecule has 0 aliphatic rings. The first kappa shape index (κ1) is 15.8. The summed E-state index contributed by atoms with van der Waals surface area (Å²) in [5.41, 5.74) is 2.00. The second kappa shape index (κ2) is 7.41. The molecule has 2 unspecified atom stereocenters. The molecule has 0 aliphatic carbocycles. The van der Waals surface area contributed by atoms with Crippen molar-refractivity contribution in [2.24, 2.45) is 0 Å². The fourth-order valence-corrected chi connectivity index (χ4v) is 3.61. The van der Waals surface area contributed by atoms with Gasteiger partial charge in [-0.1, -0.05) is 50.2 Å². The number of phenolic OH excluding ortho intramolecular Hbond substituents is 2. The van der Waals surface area contributed by atoms with Crippen LogP contribution in [0.15, 0.2) is 48.5 Å². The van der Waals surface area contributed by atoms with Crippen LogP contribution in [0.3, 0.4) is 0 Å². The molecule has 2 nitrogen and oxygen atoms in total. The van der Waals surface area contributed by atoms with E-state index in [0.29, 0.717) is 23.3 Å². The first-order chi connectivity index (χ1) is 10.1. The molecule has 112 valence electrons. The van der Waals surface area contributed by atoms with Gasteiger partial charge >= 0.3 is 0 Å². The maximum absolute atomic E-state index is 9.86. The first-order valence-corrected chi connectivity index (χ1v) is 8.38. The van der Waals surface area contributed by atoms with Crippen LogP contribution in [0.2, 0.25) is 0 Å². The minimum absolute atomic E-state index is 0.313. The molecule has 21 heavy (non-hydrogen) atoms. The summed E-state index contributed by atoms with van der Waals surface area (Å²) in [6.45, 7) is 4.26. The van der Waals surface area contributed by atoms with Gasteiger partial charge in [0.25, 0.3) is 0 Å². The number of hydrogen-bond donors (Lipinski definition) is 2. The number of aromatic hydroxyl groups is 2. The van der Waals surface area contributed by atoms with Gasteiger partial charge in [0, 0.05) is 11.5 Å². The number of para-hydroxylation sites is 2. The van der Waals surface area contributed by atoms with Crippen molar-refractivity contribution in [1.29, 1.82) is 0 Å². The van der Waals surface area contributed by atoms with Crippen LogP contribution < -0.4 is 0 Å². The summed E-state index contributed by atoms with van der Waals surface area (Å²) in [5, 5.41) is 19.7. The highest BCUT2D eigenvalue weighted by molar-refractivity contribution is 7.99. The Morgan fingerprint density at radius 2 is 1.14 bits per heavy atom. The highest BCUT2D eigenvalue weighted by atomic mass is 32.2. The lowest BCUT2D eigenvalue weighted by Gasteiger charge is -2.16. The number of hydrogen-bond acceptors (Lipinski definition) is 3. The zero-order chi connectivity index (χ0) is 15.2. The van der Waals surface area contributed by atoms with Gasteiger partial charge in [0.05, 0.1) is 0 Å². The molecule has 2 rings (SSSR count). The van der Waals surface area contributed by atoms with Crippen LogP contribution >= 0.6 is 11.8 Å². The Bertz CT molecular complexity index is 531. The normalized spacial score (nSPS) is 13.8. The summed E-state index contributed by atoms with van der Waals surface area (Å²) in [6.07, 6.45) is 0. The maximum Gasteiger partial charge on any atom is 0.119 e. The van der Waals surface area contributed by atoms with E-state index in [9.17, 15) is 10.2 Å². The fraction of sp³-hybridized carbons (Fsp3) is 0.333. The van der Waals surface area contributed by atoms with Crippen molar-refractivity contribution < 1.29 is 10.2 Å². The molecular weight excluding hydrogens is 280 g/mol. The predicted octanol–water partition coefficient (Wildman–Crippen LogP) is 4.74. The highest BCUT2D eigenvalue weighted by Crippen LogP contribution is 2.31. The van der Waals surface area contributed by atoms with Crippen LogP contribution in [0.1, 0.15) is 36.8 Å². The molecule has 0 amide bonds. The molecule has 0 heterocycles. The van der Waals surface area contributed by atoms with E-state index in [4.69, 9.17) is 0 Å². The Kier molecular flexibility index (Phi) is 5.57. The Labute approximate surface area is 130 Å². The average Bonchev–Trinajstić information content (AvgIpc) is 2.48. The number of rotatable bonds is 6. The van der Waals surface area contributed by atoms with Crippen molar-refractivity contribution in [2.75, 3.05) is 11.5 Å². The largest absolute Gasteiger partial charge is 0.508 e. The molecule has 2 N–H and O–H groups in total. The van der Waals surface area contributed by atoms with Gasteiger partial charge in [-0.25, -0.2) is 0 Å². The van der Waals surface area contributed by atoms with E-state index in [1.807, 2.05) is 48.2 Å². The smallest absolute Gasteiger partial charge is 0.119 e. The summed E-state index contributed by atoms with van der Waals surface area (Å²) < 4.78 is 0. The molecule has 0 bridgehead atoms. The summed E-state index contributed by atoms with van der Waals surface area (Å²) in [6, 6.07) is 15.0. The summed E-state index contributed by atoms with van der Waals surface area (Å²) >= 11 is 1.85. The van der Waals surface area contributed by atoms with Gasteiger partial charge in [0.2, 0.25) is 0 Å². The zero-order valence-electron chi connectivity index (χ0n) is 12.5. The number of thioether (sulfide) groups is 1. The van der Waals surface area contributed by atoms with Gasteiger partial charge in [0.15, 0.2) is 0 Å². The average molecular weight is 302 g/mol. The van der Waals surface area contributed by atoms with Crippen molar-refractivity contribution >= 4 is 11.8 Å². The lowest BCUT2D eigenvalue weighted by molar-refractivity contribution is 0.465. The molecular formula is C18H22O2S. The molecule has 0 fully saturated rings. The fourth-order valence-electron chi connectivity index (χ4n) is 2.41. The SMILES string of the molecule is CC(CSCC(C)c1ccccc1O)c1ccccc1O. The van der Waals surface area contributed by atoms with Gasteiger partial charge in [-0.2, -0.15) is 11.8 Å². The lowest BCUT2D eigenvalue weighted by Crippen LogP contribution is -2.02. The number of phenols is 2. The van der Waals surface area contributed by atoms with Gasteiger partial charge in [-0.3, -0.25) is 0 Å². The lowest BCUT2D eigenvalue weighted by atomic mass is 10.0. The van der Waals surface area contributed by atoms with E-state index in [-0.39, 0.29) is 0 Å². The molecule has 0 aliphatic heterocycles. The number of benzene rings is 2. The molecule has 0 saturated carbocycles. The Balaban J connectivity index is 1.87. The van der Waals surface area contributed by atoms with Crippen LogP contribution in [-0.2, 0) is 0 Å². The van der Waals surface area contributed by atoms with Crippen LogP contribution in [0.5, 0.6) is 11.5 Å². The standard InChI is InChI=1S/C18H22O2S/c1-13(15-7-3-5-9-17(15)19)11-21-12-14(2)16-8-4-6-10-18(16)20/h3-10,13-14,19-20H,11-12H2,1-2H3. The van der Waals surface area contributed by atoms with E-state index < -0.39 is 0 Å². The van der Waals surface area contributed by atoms with Gasteiger partial charge < -0.3 is 10.2 Å². The molecule has 2 aromatic rings. The third-order valence-electron chi connectivity index (χ3n) is 3.67. The van der Waals surface area contributed by atoms with E-state index in [2.05, 4.69) is 13.8 Å². The second-order valence-electron chi connectivity index (χ2n) is 5.46. The third kappa shape index (κ3) is 4.18. The monoisotopic (exact) mass is 302 g/mol. The van der Waals surface area contributed by atoms with E-state index in [1.54, 1.807) is 12.1 Å². The molecule has 2 atom stereocenters. The first-order valence-electron chi connectivity index (χ1n) is 7.23. The van der Waals surface area contributed by atoms with Crippen molar-refractivity contribution in [1.82, 2.24) is 0 Å². The Hall–Kier alpha value is -1.61. The van der Waals surface area contributed by atoms with Crippen LogP contribution in [-0.4, -0.2) is 21.7 Å². The molecule has 3 heteroatoms. The van der Waals surface area contributed by atoms with Crippen molar-refractivity contribution in [3.8, 4) is 11.5 Å². The minimum Gasteiger partial charge on any atom is -0.508 e. The van der Waals surface area contributed by atoms with Crippen molar-refractivity contribution in [3.05, 3.63) is 59.7 Å². The van der Waals surface area contributed by atoms with E-state index in [0.717, 1.165) is 22.6 Å². The summed E-state index contributed by atoms with van der Waals surface area (Å²) in [4.78, 5) is 0. The van der Waals surface area contributed by atoms with Crippen LogP contribution in [0.4, 0.5) is 0 Å². The molecule has 0 spiro atoms.